The lowest BCUT2D eigenvalue weighted by molar-refractivity contribution is -0.142. The number of rotatable bonds is 6. The van der Waals surface area contributed by atoms with Crippen molar-refractivity contribution in [3.05, 3.63) is 17.5 Å². The maximum atomic E-state index is 11.8. The van der Waals surface area contributed by atoms with Crippen molar-refractivity contribution in [2.24, 2.45) is 18.9 Å². The first-order valence-corrected chi connectivity index (χ1v) is 6.33. The molecule has 106 valence electrons. The van der Waals surface area contributed by atoms with E-state index in [4.69, 9.17) is 5.11 Å². The highest BCUT2D eigenvalue weighted by Crippen LogP contribution is 2.11. The summed E-state index contributed by atoms with van der Waals surface area (Å²) < 4.78 is 1.61. The SMILES string of the molecule is Cc1cc(C(=O)NCC(CC(C)C)C(=O)O)nn1C. The maximum Gasteiger partial charge on any atom is 0.308 e. The summed E-state index contributed by atoms with van der Waals surface area (Å²) in [5, 5.41) is 15.8. The number of carbonyl (C=O) groups is 2. The maximum absolute atomic E-state index is 11.8. The van der Waals surface area contributed by atoms with Crippen LogP contribution < -0.4 is 5.32 Å². The van der Waals surface area contributed by atoms with Gasteiger partial charge in [-0.1, -0.05) is 13.8 Å². The zero-order chi connectivity index (χ0) is 14.6. The monoisotopic (exact) mass is 267 g/mol. The lowest BCUT2D eigenvalue weighted by atomic mass is 9.97. The van der Waals surface area contributed by atoms with E-state index in [2.05, 4.69) is 10.4 Å². The minimum atomic E-state index is -0.883. The first-order valence-electron chi connectivity index (χ1n) is 6.33. The normalized spacial score (nSPS) is 12.5. The van der Waals surface area contributed by atoms with Gasteiger partial charge in [-0.3, -0.25) is 14.3 Å². The zero-order valence-electron chi connectivity index (χ0n) is 11.8. The van der Waals surface area contributed by atoms with Crippen molar-refractivity contribution in [2.45, 2.75) is 27.2 Å². The number of carboxylic acid groups (broad SMARTS) is 1. The van der Waals surface area contributed by atoms with E-state index in [0.717, 1.165) is 5.69 Å². The Morgan fingerprint density at radius 1 is 1.47 bits per heavy atom. The van der Waals surface area contributed by atoms with E-state index in [0.29, 0.717) is 12.1 Å². The summed E-state index contributed by atoms with van der Waals surface area (Å²) in [6.45, 7) is 5.89. The van der Waals surface area contributed by atoms with Crippen LogP contribution in [-0.2, 0) is 11.8 Å². The van der Waals surface area contributed by atoms with Crippen LogP contribution in [0, 0.1) is 18.8 Å². The van der Waals surface area contributed by atoms with Gasteiger partial charge in [-0.25, -0.2) is 0 Å². The predicted molar refractivity (Wildman–Crippen MR) is 70.9 cm³/mol. The lowest BCUT2D eigenvalue weighted by Crippen LogP contribution is -2.33. The third-order valence-corrected chi connectivity index (χ3v) is 2.96. The number of hydrogen-bond donors (Lipinski definition) is 2. The summed E-state index contributed by atoms with van der Waals surface area (Å²) in [6, 6.07) is 1.67. The van der Waals surface area contributed by atoms with Crippen LogP contribution in [-0.4, -0.2) is 33.3 Å². The van der Waals surface area contributed by atoms with E-state index in [-0.39, 0.29) is 18.4 Å². The van der Waals surface area contributed by atoms with Crippen LogP contribution in [0.5, 0.6) is 0 Å². The second kappa shape index (κ2) is 6.36. The molecular formula is C13H21N3O3. The van der Waals surface area contributed by atoms with Crippen molar-refractivity contribution in [3.63, 3.8) is 0 Å². The third-order valence-electron chi connectivity index (χ3n) is 2.96. The molecule has 1 amide bonds. The van der Waals surface area contributed by atoms with Gasteiger partial charge >= 0.3 is 5.97 Å². The summed E-state index contributed by atoms with van der Waals surface area (Å²) in [7, 11) is 1.75. The zero-order valence-corrected chi connectivity index (χ0v) is 11.8. The summed E-state index contributed by atoms with van der Waals surface area (Å²) >= 11 is 0. The van der Waals surface area contributed by atoms with Gasteiger partial charge in [-0.05, 0) is 25.3 Å². The summed E-state index contributed by atoms with van der Waals surface area (Å²) in [4.78, 5) is 22.9. The van der Waals surface area contributed by atoms with E-state index in [1.54, 1.807) is 17.8 Å². The van der Waals surface area contributed by atoms with E-state index >= 15 is 0 Å². The largest absolute Gasteiger partial charge is 0.481 e. The van der Waals surface area contributed by atoms with Gasteiger partial charge in [0, 0.05) is 19.3 Å². The van der Waals surface area contributed by atoms with Gasteiger partial charge in [0.05, 0.1) is 5.92 Å². The number of amides is 1. The molecule has 6 heteroatoms. The molecule has 1 aromatic rings. The Morgan fingerprint density at radius 3 is 2.53 bits per heavy atom. The Morgan fingerprint density at radius 2 is 2.11 bits per heavy atom. The van der Waals surface area contributed by atoms with Gasteiger partial charge in [0.1, 0.15) is 5.69 Å². The average Bonchev–Trinajstić information content (AvgIpc) is 2.64. The van der Waals surface area contributed by atoms with Gasteiger partial charge in [0.15, 0.2) is 0 Å². The Bertz CT molecular complexity index is 446. The number of nitrogens with zero attached hydrogens (tertiary/aromatic N) is 2. The standard InChI is InChI=1S/C13H21N3O3/c1-8(2)5-10(13(18)19)7-14-12(17)11-6-9(3)16(4)15-11/h6,8,10H,5,7H2,1-4H3,(H,14,17)(H,18,19). The summed E-state index contributed by atoms with van der Waals surface area (Å²) in [5.74, 6) is -1.51. The molecule has 1 aromatic heterocycles. The van der Waals surface area contributed by atoms with Crippen LogP contribution >= 0.6 is 0 Å². The first-order chi connectivity index (χ1) is 8.81. The summed E-state index contributed by atoms with van der Waals surface area (Å²) in [6.07, 6.45) is 0.539. The molecule has 1 atom stereocenters. The Hall–Kier alpha value is -1.85. The molecule has 0 bridgehead atoms. The molecule has 0 saturated carbocycles. The van der Waals surface area contributed by atoms with Crippen molar-refractivity contribution < 1.29 is 14.7 Å². The van der Waals surface area contributed by atoms with E-state index in [1.807, 2.05) is 20.8 Å². The second-order valence-electron chi connectivity index (χ2n) is 5.17. The van der Waals surface area contributed by atoms with Gasteiger partial charge in [0.25, 0.3) is 5.91 Å². The molecule has 0 aliphatic rings. The van der Waals surface area contributed by atoms with Crippen molar-refractivity contribution in [2.75, 3.05) is 6.54 Å². The number of aromatic nitrogens is 2. The number of nitrogens with one attached hydrogen (secondary N) is 1. The van der Waals surface area contributed by atoms with Crippen molar-refractivity contribution in [3.8, 4) is 0 Å². The predicted octanol–water partition coefficient (Wildman–Crippen LogP) is 1.21. The quantitative estimate of drug-likeness (QED) is 0.811. The molecule has 0 saturated heterocycles. The second-order valence-corrected chi connectivity index (χ2v) is 5.17. The van der Waals surface area contributed by atoms with E-state index in [9.17, 15) is 9.59 Å². The fourth-order valence-corrected chi connectivity index (χ4v) is 1.82. The van der Waals surface area contributed by atoms with Gasteiger partial charge in [-0.2, -0.15) is 5.10 Å². The van der Waals surface area contributed by atoms with Crippen LogP contribution in [0.3, 0.4) is 0 Å². The molecule has 19 heavy (non-hydrogen) atoms. The Labute approximate surface area is 112 Å². The van der Waals surface area contributed by atoms with Gasteiger partial charge in [-0.15, -0.1) is 0 Å². The topological polar surface area (TPSA) is 84.2 Å². The molecule has 1 rings (SSSR count). The highest BCUT2D eigenvalue weighted by atomic mass is 16.4. The summed E-state index contributed by atoms with van der Waals surface area (Å²) in [5.41, 5.74) is 1.19. The van der Waals surface area contributed by atoms with Crippen LogP contribution in [0.15, 0.2) is 6.07 Å². The van der Waals surface area contributed by atoms with Crippen LogP contribution in [0.1, 0.15) is 36.5 Å². The number of hydrogen-bond acceptors (Lipinski definition) is 3. The molecule has 0 spiro atoms. The molecule has 2 N–H and O–H groups in total. The van der Waals surface area contributed by atoms with Crippen molar-refractivity contribution >= 4 is 11.9 Å². The molecule has 1 unspecified atom stereocenters. The number of aliphatic carboxylic acids is 1. The minimum Gasteiger partial charge on any atom is -0.481 e. The van der Waals surface area contributed by atoms with E-state index < -0.39 is 11.9 Å². The fourth-order valence-electron chi connectivity index (χ4n) is 1.82. The van der Waals surface area contributed by atoms with Gasteiger partial charge < -0.3 is 10.4 Å². The molecule has 0 fully saturated rings. The Balaban J connectivity index is 2.59. The molecule has 0 aliphatic carbocycles. The van der Waals surface area contributed by atoms with Crippen LogP contribution in [0.2, 0.25) is 0 Å². The number of carbonyl (C=O) groups excluding carboxylic acids is 1. The molecule has 0 radical (unpaired) electrons. The third kappa shape index (κ3) is 4.39. The number of aryl methyl sites for hydroxylation is 2. The highest BCUT2D eigenvalue weighted by Gasteiger charge is 2.20. The van der Waals surface area contributed by atoms with Crippen molar-refractivity contribution in [1.82, 2.24) is 15.1 Å². The van der Waals surface area contributed by atoms with Crippen LogP contribution in [0.4, 0.5) is 0 Å². The molecule has 1 heterocycles. The van der Waals surface area contributed by atoms with Crippen LogP contribution in [0.25, 0.3) is 0 Å². The molecule has 0 aliphatic heterocycles. The lowest BCUT2D eigenvalue weighted by Gasteiger charge is -2.14. The van der Waals surface area contributed by atoms with Crippen molar-refractivity contribution in [1.29, 1.82) is 0 Å². The molecule has 0 aromatic carbocycles. The van der Waals surface area contributed by atoms with Gasteiger partial charge in [0.2, 0.25) is 0 Å². The average molecular weight is 267 g/mol. The highest BCUT2D eigenvalue weighted by molar-refractivity contribution is 5.92. The molecule has 6 nitrogen and oxygen atoms in total. The Kier molecular flexibility index (Phi) is 5.09. The molecular weight excluding hydrogens is 246 g/mol. The smallest absolute Gasteiger partial charge is 0.308 e. The fraction of sp³-hybridized carbons (Fsp3) is 0.615. The van der Waals surface area contributed by atoms with E-state index in [1.165, 1.54) is 0 Å². The first kappa shape index (κ1) is 15.2. The number of carboxylic acids is 1. The minimum absolute atomic E-state index is 0.127.